The zero-order valence-electron chi connectivity index (χ0n) is 16.1. The number of hydrogen-bond acceptors (Lipinski definition) is 2. The van der Waals surface area contributed by atoms with Gasteiger partial charge in [-0.2, -0.15) is 0 Å². The summed E-state index contributed by atoms with van der Waals surface area (Å²) in [6.45, 7) is 6.83. The van der Waals surface area contributed by atoms with Crippen LogP contribution in [-0.2, 0) is 11.2 Å². The van der Waals surface area contributed by atoms with Crippen LogP contribution in [0.25, 0.3) is 21.7 Å². The molecule has 1 saturated heterocycles. The molecule has 2 aromatic carbocycles. The van der Waals surface area contributed by atoms with Gasteiger partial charge in [0.2, 0.25) is 5.91 Å². The minimum atomic E-state index is 0.0768. The highest BCUT2D eigenvalue weighted by molar-refractivity contribution is 6.08. The number of furan rings is 1. The Morgan fingerprint density at radius 3 is 2.85 bits per heavy atom. The molecule has 1 aliphatic heterocycles. The fraction of sp³-hybridized carbons (Fsp3) is 0.435. The van der Waals surface area contributed by atoms with Crippen molar-refractivity contribution >= 4 is 27.6 Å². The van der Waals surface area contributed by atoms with E-state index in [2.05, 4.69) is 30.4 Å². The van der Waals surface area contributed by atoms with Crippen LogP contribution in [0.5, 0.6) is 0 Å². The van der Waals surface area contributed by atoms with Gasteiger partial charge >= 0.3 is 0 Å². The summed E-state index contributed by atoms with van der Waals surface area (Å²) in [6.07, 6.45) is 5.82. The lowest BCUT2D eigenvalue weighted by atomic mass is 9.99. The molecule has 27 heavy (non-hydrogen) atoms. The van der Waals surface area contributed by atoms with Crippen LogP contribution in [-0.4, -0.2) is 32.1 Å². The predicted molar refractivity (Wildman–Crippen MR) is 109 cm³/mol. The molecule has 1 aromatic heterocycles. The number of carbonyl (C=O) groups excluding carboxylic acids is 1. The minimum Gasteiger partial charge on any atom is -0.464 e. The number of nitrogens with one attached hydrogen (secondary N) is 2. The molecular formula is C23H29N2O2+. The van der Waals surface area contributed by atoms with E-state index in [4.69, 9.17) is 4.42 Å². The van der Waals surface area contributed by atoms with Gasteiger partial charge in [0, 0.05) is 23.9 Å². The number of benzene rings is 2. The summed E-state index contributed by atoms with van der Waals surface area (Å²) in [6, 6.07) is 12.3. The molecule has 2 heterocycles. The highest BCUT2D eigenvalue weighted by Crippen LogP contribution is 2.30. The van der Waals surface area contributed by atoms with Gasteiger partial charge in [-0.15, -0.1) is 0 Å². The van der Waals surface area contributed by atoms with Crippen LogP contribution in [0.4, 0.5) is 0 Å². The lowest BCUT2D eigenvalue weighted by Gasteiger charge is -2.27. The Balaban J connectivity index is 1.33. The average Bonchev–Trinajstić information content (AvgIpc) is 3.10. The van der Waals surface area contributed by atoms with Crippen molar-refractivity contribution < 1.29 is 14.1 Å². The van der Waals surface area contributed by atoms with Crippen molar-refractivity contribution in [2.45, 2.75) is 32.6 Å². The first-order chi connectivity index (χ1) is 13.2. The summed E-state index contributed by atoms with van der Waals surface area (Å²) in [5.74, 6) is 0.960. The zero-order chi connectivity index (χ0) is 18.6. The van der Waals surface area contributed by atoms with Crippen molar-refractivity contribution in [3.63, 3.8) is 0 Å². The quantitative estimate of drug-likeness (QED) is 0.660. The summed E-state index contributed by atoms with van der Waals surface area (Å²) < 4.78 is 5.69. The molecule has 4 heteroatoms. The number of fused-ring (bicyclic) bond motifs is 3. The molecule has 4 nitrogen and oxygen atoms in total. The first-order valence-electron chi connectivity index (χ1n) is 10.2. The Kier molecular flexibility index (Phi) is 5.44. The highest BCUT2D eigenvalue weighted by Gasteiger charge is 2.18. The van der Waals surface area contributed by atoms with E-state index in [1.165, 1.54) is 31.3 Å². The van der Waals surface area contributed by atoms with Crippen LogP contribution >= 0.6 is 0 Å². The second-order valence-electron chi connectivity index (χ2n) is 7.98. The lowest BCUT2D eigenvalue weighted by molar-refractivity contribution is -0.906. The molecule has 4 rings (SSSR count). The Hall–Kier alpha value is -2.33. The van der Waals surface area contributed by atoms with E-state index >= 15 is 0 Å². The van der Waals surface area contributed by atoms with Gasteiger partial charge in [-0.3, -0.25) is 4.79 Å². The first kappa shape index (κ1) is 18.1. The summed E-state index contributed by atoms with van der Waals surface area (Å²) in [5.41, 5.74) is 1.81. The van der Waals surface area contributed by atoms with Crippen molar-refractivity contribution in [2.75, 3.05) is 26.2 Å². The Bertz CT molecular complexity index is 922. The summed E-state index contributed by atoms with van der Waals surface area (Å²) in [7, 11) is 0. The number of likely N-dealkylation sites (tertiary alicyclic amines) is 1. The van der Waals surface area contributed by atoms with Crippen molar-refractivity contribution in [3.8, 4) is 0 Å². The highest BCUT2D eigenvalue weighted by atomic mass is 16.3. The smallest absolute Gasteiger partial charge is 0.224 e. The van der Waals surface area contributed by atoms with Crippen LogP contribution in [0.1, 0.15) is 31.7 Å². The minimum absolute atomic E-state index is 0.0768. The maximum absolute atomic E-state index is 12.4. The molecule has 0 spiro atoms. The fourth-order valence-corrected chi connectivity index (χ4v) is 4.23. The van der Waals surface area contributed by atoms with Gasteiger partial charge < -0.3 is 14.6 Å². The zero-order valence-corrected chi connectivity index (χ0v) is 16.1. The van der Waals surface area contributed by atoms with Crippen molar-refractivity contribution in [1.82, 2.24) is 5.32 Å². The van der Waals surface area contributed by atoms with E-state index in [9.17, 15) is 4.79 Å². The molecule has 142 valence electrons. The van der Waals surface area contributed by atoms with Crippen molar-refractivity contribution in [3.05, 3.63) is 48.2 Å². The number of hydrogen-bond donors (Lipinski definition) is 2. The molecule has 2 N–H and O–H groups in total. The first-order valence-corrected chi connectivity index (χ1v) is 10.2. The molecule has 0 radical (unpaired) electrons. The van der Waals surface area contributed by atoms with Crippen LogP contribution in [0, 0.1) is 5.92 Å². The largest absolute Gasteiger partial charge is 0.464 e. The SMILES string of the molecule is CC1CC[NH+](CCCNC(=O)Cc2coc3ccc4ccccc4c23)CC1. The van der Waals surface area contributed by atoms with E-state index in [1.54, 1.807) is 11.2 Å². The van der Waals surface area contributed by atoms with Crippen molar-refractivity contribution in [1.29, 1.82) is 0 Å². The molecular weight excluding hydrogens is 336 g/mol. The van der Waals surface area contributed by atoms with Crippen LogP contribution < -0.4 is 10.2 Å². The lowest BCUT2D eigenvalue weighted by Crippen LogP contribution is -3.13. The van der Waals surface area contributed by atoms with Crippen molar-refractivity contribution in [2.24, 2.45) is 5.92 Å². The summed E-state index contributed by atoms with van der Waals surface area (Å²) in [5, 5.41) is 6.47. The molecule has 1 aliphatic rings. The molecule has 0 aliphatic carbocycles. The standard InChI is InChI=1S/C23H28N2O2/c1-17-9-13-25(14-10-17)12-4-11-24-22(26)15-19-16-27-21-8-7-18-5-2-3-6-20(18)23(19)21/h2-3,5-8,16-17H,4,9-15H2,1H3,(H,24,26)/p+1. The van der Waals surface area contributed by atoms with E-state index < -0.39 is 0 Å². The number of amides is 1. The number of carbonyl (C=O) groups is 1. The number of rotatable bonds is 6. The maximum Gasteiger partial charge on any atom is 0.224 e. The second-order valence-corrected chi connectivity index (χ2v) is 7.98. The third kappa shape index (κ3) is 4.16. The van der Waals surface area contributed by atoms with Gasteiger partial charge in [-0.1, -0.05) is 37.3 Å². The van der Waals surface area contributed by atoms with Gasteiger partial charge in [-0.25, -0.2) is 0 Å². The normalized spacial score (nSPS) is 20.2. The molecule has 0 unspecified atom stereocenters. The summed E-state index contributed by atoms with van der Waals surface area (Å²) >= 11 is 0. The third-order valence-corrected chi connectivity index (χ3v) is 5.90. The average molecular weight is 365 g/mol. The van der Waals surface area contributed by atoms with Crippen LogP contribution in [0.3, 0.4) is 0 Å². The Morgan fingerprint density at radius 2 is 2.00 bits per heavy atom. The Labute approximate surface area is 160 Å². The topological polar surface area (TPSA) is 46.7 Å². The van der Waals surface area contributed by atoms with Gasteiger partial charge in [0.15, 0.2) is 0 Å². The molecule has 3 aromatic rings. The van der Waals surface area contributed by atoms with Crippen LogP contribution in [0.15, 0.2) is 47.1 Å². The Morgan fingerprint density at radius 1 is 1.19 bits per heavy atom. The van der Waals surface area contributed by atoms with E-state index in [0.717, 1.165) is 47.3 Å². The van der Waals surface area contributed by atoms with Crippen LogP contribution in [0.2, 0.25) is 0 Å². The van der Waals surface area contributed by atoms with Gasteiger partial charge in [0.05, 0.1) is 32.3 Å². The molecule has 1 amide bonds. The monoisotopic (exact) mass is 365 g/mol. The van der Waals surface area contributed by atoms with E-state index in [1.807, 2.05) is 18.2 Å². The van der Waals surface area contributed by atoms with E-state index in [-0.39, 0.29) is 5.91 Å². The maximum atomic E-state index is 12.4. The second kappa shape index (κ2) is 8.13. The van der Waals surface area contributed by atoms with Gasteiger partial charge in [0.1, 0.15) is 5.58 Å². The van der Waals surface area contributed by atoms with Gasteiger partial charge in [-0.05, 0) is 35.6 Å². The summed E-state index contributed by atoms with van der Waals surface area (Å²) in [4.78, 5) is 14.1. The molecule has 0 saturated carbocycles. The predicted octanol–water partition coefficient (Wildman–Crippen LogP) is 2.95. The molecule has 0 atom stereocenters. The van der Waals surface area contributed by atoms with Gasteiger partial charge in [0.25, 0.3) is 0 Å². The molecule has 1 fully saturated rings. The van der Waals surface area contributed by atoms with E-state index in [0.29, 0.717) is 6.42 Å². The third-order valence-electron chi connectivity index (χ3n) is 5.90. The number of quaternary nitrogens is 1. The fourth-order valence-electron chi connectivity index (χ4n) is 4.23. The molecule has 0 bridgehead atoms. The number of piperidine rings is 1.